The summed E-state index contributed by atoms with van der Waals surface area (Å²) >= 11 is 3.71. The number of benzene rings is 1. The van der Waals surface area contributed by atoms with E-state index in [1.807, 2.05) is 37.4 Å². The Morgan fingerprint density at radius 1 is 0.889 bits per heavy atom. The maximum absolute atomic E-state index is 6.08. The van der Waals surface area contributed by atoms with Crippen LogP contribution in [0.15, 0.2) is 21.9 Å². The summed E-state index contributed by atoms with van der Waals surface area (Å²) in [5, 5.41) is 0. The molecule has 0 bridgehead atoms. The Bertz CT molecular complexity index is 356. The molecule has 4 N–H and O–H groups in total. The first kappa shape index (κ1) is 15.9. The molecule has 0 amide bonds. The molecule has 0 aliphatic carbocycles. The number of nitrogens with two attached hydrogens (primary N) is 2. The largest absolute Gasteiger partial charge is 0.324 e. The third-order valence-electron chi connectivity index (χ3n) is 2.72. The topological polar surface area (TPSA) is 52.0 Å². The summed E-state index contributed by atoms with van der Waals surface area (Å²) in [6.45, 7) is 8.41. The monoisotopic (exact) mass is 284 g/mol. The molecular weight excluding hydrogens is 260 g/mol. The molecule has 0 saturated heterocycles. The van der Waals surface area contributed by atoms with Crippen molar-refractivity contribution in [3.63, 3.8) is 0 Å². The number of hydrogen-bond donors (Lipinski definition) is 2. The Labute approximate surface area is 119 Å². The Morgan fingerprint density at radius 3 is 1.56 bits per heavy atom. The van der Waals surface area contributed by atoms with E-state index in [-0.39, 0.29) is 12.1 Å². The fourth-order valence-electron chi connectivity index (χ4n) is 1.87. The van der Waals surface area contributed by atoms with Gasteiger partial charge in [0.2, 0.25) is 0 Å². The minimum Gasteiger partial charge on any atom is -0.324 e. The van der Waals surface area contributed by atoms with E-state index in [2.05, 4.69) is 26.0 Å². The molecule has 1 aromatic rings. The van der Waals surface area contributed by atoms with Gasteiger partial charge in [-0.1, -0.05) is 19.9 Å². The van der Waals surface area contributed by atoms with Crippen LogP contribution in [-0.4, -0.2) is 11.5 Å². The third kappa shape index (κ3) is 3.92. The average molecular weight is 284 g/mol. The molecule has 0 spiro atoms. The molecule has 1 aromatic carbocycles. The fourth-order valence-corrected chi connectivity index (χ4v) is 3.79. The van der Waals surface area contributed by atoms with Gasteiger partial charge < -0.3 is 11.5 Å². The maximum Gasteiger partial charge on any atom is 0.0277 e. The second-order valence-electron chi connectivity index (χ2n) is 4.37. The second kappa shape index (κ2) is 7.43. The molecule has 0 saturated carbocycles. The Hall–Kier alpha value is -0.160. The molecule has 0 heterocycles. The van der Waals surface area contributed by atoms with E-state index in [1.165, 1.54) is 20.9 Å². The Kier molecular flexibility index (Phi) is 6.57. The van der Waals surface area contributed by atoms with E-state index in [1.54, 1.807) is 0 Å². The summed E-state index contributed by atoms with van der Waals surface area (Å²) in [5.41, 5.74) is 14.6. The molecule has 2 atom stereocenters. The van der Waals surface area contributed by atoms with Crippen molar-refractivity contribution >= 4 is 23.5 Å². The lowest BCUT2D eigenvalue weighted by Gasteiger charge is -2.19. The van der Waals surface area contributed by atoms with Gasteiger partial charge in [0.25, 0.3) is 0 Å². The smallest absolute Gasteiger partial charge is 0.0277 e. The van der Waals surface area contributed by atoms with Crippen molar-refractivity contribution in [2.24, 2.45) is 11.5 Å². The van der Waals surface area contributed by atoms with Gasteiger partial charge in [-0.2, -0.15) is 0 Å². The predicted molar refractivity (Wildman–Crippen MR) is 84.4 cm³/mol. The molecule has 4 heteroatoms. The normalized spacial score (nSPS) is 14.6. The molecular formula is C14H24N2S2. The van der Waals surface area contributed by atoms with E-state index >= 15 is 0 Å². The van der Waals surface area contributed by atoms with Crippen LogP contribution in [0.3, 0.4) is 0 Å². The first-order chi connectivity index (χ1) is 8.51. The van der Waals surface area contributed by atoms with Crippen LogP contribution in [0.2, 0.25) is 0 Å². The van der Waals surface area contributed by atoms with E-state index in [9.17, 15) is 0 Å². The molecule has 0 radical (unpaired) electrons. The van der Waals surface area contributed by atoms with Gasteiger partial charge in [0.1, 0.15) is 0 Å². The highest BCUT2D eigenvalue weighted by atomic mass is 32.2. The van der Waals surface area contributed by atoms with Crippen molar-refractivity contribution in [2.75, 3.05) is 11.5 Å². The van der Waals surface area contributed by atoms with Gasteiger partial charge >= 0.3 is 0 Å². The Morgan fingerprint density at radius 2 is 1.28 bits per heavy atom. The molecule has 1 rings (SSSR count). The number of rotatable bonds is 6. The summed E-state index contributed by atoms with van der Waals surface area (Å²) in [4.78, 5) is 2.60. The van der Waals surface area contributed by atoms with E-state index in [0.717, 1.165) is 11.5 Å². The lowest BCUT2D eigenvalue weighted by molar-refractivity contribution is 0.758. The fraction of sp³-hybridized carbons (Fsp3) is 0.571. The van der Waals surface area contributed by atoms with Crippen molar-refractivity contribution in [1.82, 2.24) is 0 Å². The molecule has 2 unspecified atom stereocenters. The van der Waals surface area contributed by atoms with Gasteiger partial charge in [0.15, 0.2) is 0 Å². The standard InChI is InChI=1S/C14H24N2S2/c1-5-17-13-8-14(18-6-2)12(10(4)16)7-11(13)9(3)15/h7-10H,5-6,15-16H2,1-4H3. The first-order valence-corrected chi connectivity index (χ1v) is 8.42. The number of hydrogen-bond acceptors (Lipinski definition) is 4. The van der Waals surface area contributed by atoms with E-state index in [0.29, 0.717) is 0 Å². The minimum absolute atomic E-state index is 0.0530. The molecule has 0 aromatic heterocycles. The van der Waals surface area contributed by atoms with Crippen LogP contribution in [0.4, 0.5) is 0 Å². The SMILES string of the molecule is CCSc1cc(SCC)c(C(C)N)cc1C(C)N. The zero-order chi connectivity index (χ0) is 13.7. The lowest BCUT2D eigenvalue weighted by Crippen LogP contribution is -2.12. The minimum atomic E-state index is 0.0530. The van der Waals surface area contributed by atoms with Gasteiger partial charge in [-0.05, 0) is 42.5 Å². The molecule has 102 valence electrons. The number of thioether (sulfide) groups is 2. The second-order valence-corrected chi connectivity index (χ2v) is 6.98. The summed E-state index contributed by atoms with van der Waals surface area (Å²) in [6, 6.07) is 4.57. The Balaban J connectivity index is 3.30. The van der Waals surface area contributed by atoms with Crippen molar-refractivity contribution < 1.29 is 0 Å². The molecule has 0 aliphatic heterocycles. The van der Waals surface area contributed by atoms with Gasteiger partial charge in [-0.15, -0.1) is 23.5 Å². The summed E-state index contributed by atoms with van der Waals surface area (Å²) in [5.74, 6) is 2.13. The average Bonchev–Trinajstić information content (AvgIpc) is 2.29. The van der Waals surface area contributed by atoms with Crippen LogP contribution in [0.1, 0.15) is 50.9 Å². The summed E-state index contributed by atoms with van der Waals surface area (Å²) in [6.07, 6.45) is 0. The van der Waals surface area contributed by atoms with Crippen LogP contribution in [-0.2, 0) is 0 Å². The highest BCUT2D eigenvalue weighted by Gasteiger charge is 2.15. The third-order valence-corrected chi connectivity index (χ3v) is 4.63. The molecule has 18 heavy (non-hydrogen) atoms. The van der Waals surface area contributed by atoms with Crippen LogP contribution < -0.4 is 11.5 Å². The van der Waals surface area contributed by atoms with Gasteiger partial charge in [0, 0.05) is 21.9 Å². The van der Waals surface area contributed by atoms with Crippen molar-refractivity contribution in [2.45, 2.75) is 49.6 Å². The maximum atomic E-state index is 6.08. The predicted octanol–water partition coefficient (Wildman–Crippen LogP) is 3.95. The van der Waals surface area contributed by atoms with E-state index < -0.39 is 0 Å². The quantitative estimate of drug-likeness (QED) is 0.777. The summed E-state index contributed by atoms with van der Waals surface area (Å²) < 4.78 is 0. The molecule has 2 nitrogen and oxygen atoms in total. The van der Waals surface area contributed by atoms with Gasteiger partial charge in [0.05, 0.1) is 0 Å². The highest BCUT2D eigenvalue weighted by molar-refractivity contribution is 8.00. The van der Waals surface area contributed by atoms with Gasteiger partial charge in [-0.3, -0.25) is 0 Å². The first-order valence-electron chi connectivity index (χ1n) is 6.45. The van der Waals surface area contributed by atoms with Gasteiger partial charge in [-0.25, -0.2) is 0 Å². The summed E-state index contributed by atoms with van der Waals surface area (Å²) in [7, 11) is 0. The van der Waals surface area contributed by atoms with Crippen LogP contribution in [0, 0.1) is 0 Å². The van der Waals surface area contributed by atoms with E-state index in [4.69, 9.17) is 11.5 Å². The lowest BCUT2D eigenvalue weighted by atomic mass is 10.0. The zero-order valence-electron chi connectivity index (χ0n) is 11.7. The van der Waals surface area contributed by atoms with Crippen LogP contribution in [0.5, 0.6) is 0 Å². The highest BCUT2D eigenvalue weighted by Crippen LogP contribution is 2.36. The van der Waals surface area contributed by atoms with Crippen molar-refractivity contribution in [3.05, 3.63) is 23.3 Å². The zero-order valence-corrected chi connectivity index (χ0v) is 13.3. The molecule has 0 fully saturated rings. The van der Waals surface area contributed by atoms with Crippen LogP contribution in [0.25, 0.3) is 0 Å². The van der Waals surface area contributed by atoms with Crippen molar-refractivity contribution in [1.29, 1.82) is 0 Å². The van der Waals surface area contributed by atoms with Crippen molar-refractivity contribution in [3.8, 4) is 0 Å². The van der Waals surface area contributed by atoms with Crippen LogP contribution >= 0.6 is 23.5 Å². The molecule has 0 aliphatic rings.